The van der Waals surface area contributed by atoms with Crippen molar-refractivity contribution in [3.8, 4) is 0 Å². The molecule has 28 heavy (non-hydrogen) atoms. The van der Waals surface area contributed by atoms with Gasteiger partial charge in [-0.25, -0.2) is 0 Å². The summed E-state index contributed by atoms with van der Waals surface area (Å²) < 4.78 is 0. The van der Waals surface area contributed by atoms with Gasteiger partial charge >= 0.3 is 0 Å². The molecule has 148 valence electrons. The molecule has 0 bridgehead atoms. The van der Waals surface area contributed by atoms with Gasteiger partial charge in [-0.05, 0) is 36.8 Å². The third kappa shape index (κ3) is 6.35. The Morgan fingerprint density at radius 2 is 1.89 bits per heavy atom. The summed E-state index contributed by atoms with van der Waals surface area (Å²) in [7, 11) is 0. The molecule has 2 heterocycles. The molecule has 2 N–H and O–H groups in total. The fourth-order valence-electron chi connectivity index (χ4n) is 3.28. The number of quaternary nitrogens is 1. The Morgan fingerprint density at radius 1 is 1.14 bits per heavy atom. The lowest BCUT2D eigenvalue weighted by Gasteiger charge is -2.32. The SMILES string of the molecule is Cc1cccc(NC(=O)CSCC(=O)N2CC[NH+](Cc3ccncc3)CC2)c1. The molecule has 0 radical (unpaired) electrons. The van der Waals surface area contributed by atoms with Crippen LogP contribution in [0.15, 0.2) is 48.8 Å². The lowest BCUT2D eigenvalue weighted by molar-refractivity contribution is -0.917. The molecule has 1 fully saturated rings. The van der Waals surface area contributed by atoms with Crippen LogP contribution in [0.5, 0.6) is 0 Å². The molecule has 0 saturated carbocycles. The van der Waals surface area contributed by atoms with Crippen LogP contribution >= 0.6 is 11.8 Å². The van der Waals surface area contributed by atoms with Gasteiger partial charge in [-0.15, -0.1) is 11.8 Å². The number of pyridine rings is 1. The molecular weight excluding hydrogens is 372 g/mol. The number of nitrogens with zero attached hydrogens (tertiary/aromatic N) is 2. The monoisotopic (exact) mass is 399 g/mol. The normalized spacial score (nSPS) is 14.7. The van der Waals surface area contributed by atoms with Crippen molar-refractivity contribution in [2.75, 3.05) is 43.0 Å². The molecule has 6 nitrogen and oxygen atoms in total. The maximum absolute atomic E-state index is 12.4. The summed E-state index contributed by atoms with van der Waals surface area (Å²) in [6.45, 7) is 6.41. The average molecular weight is 400 g/mol. The number of aryl methyl sites for hydroxylation is 1. The number of hydrogen-bond acceptors (Lipinski definition) is 4. The summed E-state index contributed by atoms with van der Waals surface area (Å²) >= 11 is 1.37. The predicted octanol–water partition coefficient (Wildman–Crippen LogP) is 0.989. The maximum atomic E-state index is 12.4. The third-order valence-electron chi connectivity index (χ3n) is 4.79. The fourth-order valence-corrected chi connectivity index (χ4v) is 4.00. The molecular formula is C21H27N4O2S+. The highest BCUT2D eigenvalue weighted by Gasteiger charge is 2.23. The number of amides is 2. The Labute approximate surface area is 170 Å². The number of thioether (sulfide) groups is 1. The number of anilines is 1. The van der Waals surface area contributed by atoms with Crippen LogP contribution in [0.1, 0.15) is 11.1 Å². The molecule has 0 spiro atoms. The van der Waals surface area contributed by atoms with E-state index in [2.05, 4.69) is 10.3 Å². The molecule has 1 aliphatic rings. The van der Waals surface area contributed by atoms with Gasteiger partial charge in [0.25, 0.3) is 0 Å². The first kappa shape index (κ1) is 20.4. The molecule has 0 unspecified atom stereocenters. The number of carbonyl (C=O) groups excluding carboxylic acids is 2. The number of piperazine rings is 1. The zero-order valence-electron chi connectivity index (χ0n) is 16.2. The number of rotatable bonds is 7. The van der Waals surface area contributed by atoms with Crippen molar-refractivity contribution >= 4 is 29.3 Å². The number of nitrogens with one attached hydrogen (secondary N) is 2. The van der Waals surface area contributed by atoms with E-state index in [1.807, 2.05) is 60.6 Å². The number of hydrogen-bond donors (Lipinski definition) is 2. The van der Waals surface area contributed by atoms with Crippen molar-refractivity contribution in [2.45, 2.75) is 13.5 Å². The van der Waals surface area contributed by atoms with Gasteiger partial charge in [-0.3, -0.25) is 14.6 Å². The molecule has 2 amide bonds. The van der Waals surface area contributed by atoms with Crippen LogP contribution in [0.25, 0.3) is 0 Å². The number of aromatic nitrogens is 1. The van der Waals surface area contributed by atoms with E-state index >= 15 is 0 Å². The fraction of sp³-hybridized carbons (Fsp3) is 0.381. The first-order valence-electron chi connectivity index (χ1n) is 9.54. The van der Waals surface area contributed by atoms with Crippen LogP contribution in [-0.2, 0) is 16.1 Å². The molecule has 1 saturated heterocycles. The van der Waals surface area contributed by atoms with Crippen molar-refractivity contribution in [3.05, 3.63) is 59.9 Å². The smallest absolute Gasteiger partial charge is 0.234 e. The summed E-state index contributed by atoms with van der Waals surface area (Å²) in [5.41, 5.74) is 3.18. The molecule has 1 aromatic carbocycles. The first-order valence-corrected chi connectivity index (χ1v) is 10.7. The van der Waals surface area contributed by atoms with Crippen molar-refractivity contribution in [1.82, 2.24) is 9.88 Å². The zero-order chi connectivity index (χ0) is 19.8. The van der Waals surface area contributed by atoms with E-state index in [4.69, 9.17) is 0 Å². The topological polar surface area (TPSA) is 66.7 Å². The van der Waals surface area contributed by atoms with Crippen molar-refractivity contribution < 1.29 is 14.5 Å². The van der Waals surface area contributed by atoms with E-state index in [-0.39, 0.29) is 17.6 Å². The van der Waals surface area contributed by atoms with E-state index in [9.17, 15) is 9.59 Å². The summed E-state index contributed by atoms with van der Waals surface area (Å²) in [5, 5.41) is 2.87. The highest BCUT2D eigenvalue weighted by molar-refractivity contribution is 8.00. The lowest BCUT2D eigenvalue weighted by Crippen LogP contribution is -3.13. The molecule has 2 aromatic rings. The van der Waals surface area contributed by atoms with Gasteiger partial charge < -0.3 is 15.1 Å². The van der Waals surface area contributed by atoms with Gasteiger partial charge in [0, 0.05) is 23.6 Å². The summed E-state index contributed by atoms with van der Waals surface area (Å²) in [5.74, 6) is 0.680. The Balaban J connectivity index is 1.34. The average Bonchev–Trinajstić information content (AvgIpc) is 2.69. The van der Waals surface area contributed by atoms with E-state index in [0.29, 0.717) is 5.75 Å². The Kier molecular flexibility index (Phi) is 7.45. The highest BCUT2D eigenvalue weighted by atomic mass is 32.2. The number of benzene rings is 1. The maximum Gasteiger partial charge on any atom is 0.234 e. The molecule has 1 aromatic heterocycles. The van der Waals surface area contributed by atoms with Crippen LogP contribution in [0, 0.1) is 6.92 Å². The van der Waals surface area contributed by atoms with Crippen LogP contribution in [0.2, 0.25) is 0 Å². The molecule has 7 heteroatoms. The second-order valence-corrected chi connectivity index (χ2v) is 8.06. The molecule has 3 rings (SSSR count). The van der Waals surface area contributed by atoms with Gasteiger partial charge in [0.05, 0.1) is 37.7 Å². The minimum atomic E-state index is -0.0741. The van der Waals surface area contributed by atoms with Gasteiger partial charge in [0.1, 0.15) is 6.54 Å². The second kappa shape index (κ2) is 10.2. The molecule has 0 aliphatic carbocycles. The van der Waals surface area contributed by atoms with Crippen molar-refractivity contribution in [2.24, 2.45) is 0 Å². The van der Waals surface area contributed by atoms with Crippen LogP contribution < -0.4 is 10.2 Å². The van der Waals surface area contributed by atoms with Crippen molar-refractivity contribution in [1.29, 1.82) is 0 Å². The lowest BCUT2D eigenvalue weighted by atomic mass is 10.2. The summed E-state index contributed by atoms with van der Waals surface area (Å²) in [6, 6.07) is 11.8. The van der Waals surface area contributed by atoms with E-state index in [1.54, 1.807) is 0 Å². The van der Waals surface area contributed by atoms with Gasteiger partial charge in [-0.2, -0.15) is 0 Å². The quantitative estimate of drug-likeness (QED) is 0.729. The standard InChI is InChI=1S/C21H26N4O2S/c1-17-3-2-4-19(13-17)23-20(26)15-28-16-21(27)25-11-9-24(10-12-25)14-18-5-7-22-8-6-18/h2-8,13H,9-12,14-16H2,1H3,(H,23,26)/p+1. The molecule has 1 aliphatic heterocycles. The van der Waals surface area contributed by atoms with Gasteiger partial charge in [0.2, 0.25) is 11.8 Å². The predicted molar refractivity (Wildman–Crippen MR) is 112 cm³/mol. The Bertz CT molecular complexity index is 792. The number of carbonyl (C=O) groups is 2. The summed E-state index contributed by atoms with van der Waals surface area (Å²) in [6.07, 6.45) is 3.64. The third-order valence-corrected chi connectivity index (χ3v) is 5.70. The largest absolute Gasteiger partial charge is 0.331 e. The van der Waals surface area contributed by atoms with Gasteiger partial charge in [0.15, 0.2) is 0 Å². The van der Waals surface area contributed by atoms with Crippen LogP contribution in [0.4, 0.5) is 5.69 Å². The Morgan fingerprint density at radius 3 is 2.61 bits per heavy atom. The van der Waals surface area contributed by atoms with Crippen molar-refractivity contribution in [3.63, 3.8) is 0 Å². The minimum absolute atomic E-state index is 0.0741. The Hall–Kier alpha value is -2.38. The summed E-state index contributed by atoms with van der Waals surface area (Å²) in [4.78, 5) is 31.9. The first-order chi connectivity index (χ1) is 13.6. The van der Waals surface area contributed by atoms with Gasteiger partial charge in [-0.1, -0.05) is 12.1 Å². The van der Waals surface area contributed by atoms with Crippen LogP contribution in [0.3, 0.4) is 0 Å². The van der Waals surface area contributed by atoms with Crippen LogP contribution in [-0.4, -0.2) is 59.4 Å². The highest BCUT2D eigenvalue weighted by Crippen LogP contribution is 2.11. The second-order valence-electron chi connectivity index (χ2n) is 7.07. The zero-order valence-corrected chi connectivity index (χ0v) is 17.0. The molecule has 0 atom stereocenters. The van der Waals surface area contributed by atoms with E-state index in [0.717, 1.165) is 44.0 Å². The van der Waals surface area contributed by atoms with E-state index in [1.165, 1.54) is 22.2 Å². The minimum Gasteiger partial charge on any atom is -0.331 e. The van der Waals surface area contributed by atoms with E-state index < -0.39 is 0 Å².